The summed E-state index contributed by atoms with van der Waals surface area (Å²) in [6, 6.07) is 0. The van der Waals surface area contributed by atoms with Crippen molar-refractivity contribution in [1.82, 2.24) is 0 Å². The van der Waals surface area contributed by atoms with Gasteiger partial charge in [0.05, 0.1) is 6.61 Å². The van der Waals surface area contributed by atoms with Gasteiger partial charge in [0.1, 0.15) is 0 Å². The van der Waals surface area contributed by atoms with Gasteiger partial charge in [-0.25, -0.2) is 4.79 Å². The molecule has 0 spiro atoms. The highest BCUT2D eigenvalue weighted by Gasteiger charge is 2.02. The number of rotatable bonds is 10. The largest absolute Gasteiger partial charge is 0.462 e. The van der Waals surface area contributed by atoms with Gasteiger partial charge in [0.2, 0.25) is 0 Å². The van der Waals surface area contributed by atoms with E-state index in [-0.39, 0.29) is 25.8 Å². The average Bonchev–Trinajstić information content (AvgIpc) is 2.47. The summed E-state index contributed by atoms with van der Waals surface area (Å²) in [5.74, 6) is -0.268. The van der Waals surface area contributed by atoms with Crippen LogP contribution in [0.5, 0.6) is 0 Å². The summed E-state index contributed by atoms with van der Waals surface area (Å²) >= 11 is 0. The van der Waals surface area contributed by atoms with Gasteiger partial charge in [-0.3, -0.25) is 0 Å². The average molecular weight is 290 g/mol. The first kappa shape index (κ1) is 21.4. The van der Waals surface area contributed by atoms with Crippen LogP contribution in [-0.4, -0.2) is 47.7 Å². The maximum absolute atomic E-state index is 11.0. The summed E-state index contributed by atoms with van der Waals surface area (Å²) < 4.78 is 4.88. The number of aliphatic hydroxyl groups excluding tert-OH is 3. The minimum atomic E-state index is -0.268. The van der Waals surface area contributed by atoms with Crippen molar-refractivity contribution in [3.8, 4) is 0 Å². The minimum absolute atomic E-state index is 0.153. The summed E-state index contributed by atoms with van der Waals surface area (Å²) in [5, 5.41) is 25.0. The van der Waals surface area contributed by atoms with Gasteiger partial charge in [-0.2, -0.15) is 0 Å². The van der Waals surface area contributed by atoms with Gasteiger partial charge in [-0.1, -0.05) is 18.9 Å². The molecule has 0 aromatic rings. The molecule has 0 aliphatic heterocycles. The molecule has 0 rings (SSSR count). The Balaban J connectivity index is 0. The molecule has 120 valence electrons. The predicted octanol–water partition coefficient (Wildman–Crippen LogP) is 1.80. The summed E-state index contributed by atoms with van der Waals surface area (Å²) in [6.07, 6.45) is 6.95. The normalized spacial score (nSPS) is 10.8. The zero-order valence-electron chi connectivity index (χ0n) is 12.8. The van der Waals surface area contributed by atoms with Gasteiger partial charge in [0.25, 0.3) is 0 Å². The second kappa shape index (κ2) is 18.1. The van der Waals surface area contributed by atoms with E-state index in [9.17, 15) is 4.79 Å². The predicted molar refractivity (Wildman–Crippen MR) is 79.3 cm³/mol. The third kappa shape index (κ3) is 17.1. The van der Waals surface area contributed by atoms with E-state index in [4.69, 9.17) is 20.1 Å². The highest BCUT2D eigenvalue weighted by atomic mass is 16.5. The van der Waals surface area contributed by atoms with Gasteiger partial charge < -0.3 is 20.1 Å². The number of esters is 1. The topological polar surface area (TPSA) is 87.0 Å². The van der Waals surface area contributed by atoms with Gasteiger partial charge in [-0.15, -0.1) is 0 Å². The van der Waals surface area contributed by atoms with Crippen molar-refractivity contribution in [2.45, 2.75) is 52.4 Å². The second-order valence-corrected chi connectivity index (χ2v) is 4.40. The lowest BCUT2D eigenvalue weighted by atomic mass is 10.2. The lowest BCUT2D eigenvalue weighted by Gasteiger charge is -2.02. The van der Waals surface area contributed by atoms with Crippen molar-refractivity contribution in [2.24, 2.45) is 0 Å². The Morgan fingerprint density at radius 2 is 1.35 bits per heavy atom. The molecule has 0 radical (unpaired) electrons. The van der Waals surface area contributed by atoms with E-state index in [1.54, 1.807) is 19.9 Å². The Morgan fingerprint density at radius 1 is 0.900 bits per heavy atom. The first-order chi connectivity index (χ1) is 9.63. The van der Waals surface area contributed by atoms with Crippen LogP contribution in [0.15, 0.2) is 11.6 Å². The van der Waals surface area contributed by atoms with Crippen LogP contribution in [0.25, 0.3) is 0 Å². The SMILES string of the molecule is CC=C(C)C(=O)OCCCCO.OCCCCCCO. The van der Waals surface area contributed by atoms with Crippen LogP contribution in [0.4, 0.5) is 0 Å². The molecule has 0 aromatic heterocycles. The van der Waals surface area contributed by atoms with E-state index in [1.165, 1.54) is 0 Å². The number of allylic oxidation sites excluding steroid dienone is 1. The molecule has 0 bridgehead atoms. The molecular formula is C15H30O5. The van der Waals surface area contributed by atoms with Crippen molar-refractivity contribution in [3.05, 3.63) is 11.6 Å². The number of carbonyl (C=O) groups is 1. The fourth-order valence-electron chi connectivity index (χ4n) is 1.19. The molecule has 0 aliphatic carbocycles. The van der Waals surface area contributed by atoms with Crippen LogP contribution in [-0.2, 0) is 9.53 Å². The zero-order valence-corrected chi connectivity index (χ0v) is 12.8. The molecule has 0 aromatic carbocycles. The summed E-state index contributed by atoms with van der Waals surface area (Å²) in [6.45, 7) is 4.63. The lowest BCUT2D eigenvalue weighted by Crippen LogP contribution is -2.07. The molecule has 0 aliphatic rings. The number of unbranched alkanes of at least 4 members (excludes halogenated alkanes) is 4. The third-order valence-corrected chi connectivity index (χ3v) is 2.61. The fraction of sp³-hybridized carbons (Fsp3) is 0.800. The Labute approximate surface area is 122 Å². The Bertz CT molecular complexity index is 232. The number of aliphatic hydroxyl groups is 3. The minimum Gasteiger partial charge on any atom is -0.462 e. The molecule has 0 atom stereocenters. The molecule has 0 amide bonds. The van der Waals surface area contributed by atoms with E-state index in [1.807, 2.05) is 0 Å². The Hall–Kier alpha value is -0.910. The summed E-state index contributed by atoms with van der Waals surface area (Å²) in [7, 11) is 0. The van der Waals surface area contributed by atoms with Crippen molar-refractivity contribution in [3.63, 3.8) is 0 Å². The molecule has 0 saturated heterocycles. The second-order valence-electron chi connectivity index (χ2n) is 4.40. The van der Waals surface area contributed by atoms with E-state index < -0.39 is 0 Å². The van der Waals surface area contributed by atoms with Crippen LogP contribution < -0.4 is 0 Å². The smallest absolute Gasteiger partial charge is 0.333 e. The summed E-state index contributed by atoms with van der Waals surface area (Å²) in [5.41, 5.74) is 0.624. The zero-order chi connectivity index (χ0) is 15.6. The van der Waals surface area contributed by atoms with Crippen molar-refractivity contribution in [1.29, 1.82) is 0 Å². The number of hydrogen-bond acceptors (Lipinski definition) is 5. The highest BCUT2D eigenvalue weighted by Crippen LogP contribution is 1.97. The number of hydrogen-bond donors (Lipinski definition) is 3. The molecule has 0 fully saturated rings. The van der Waals surface area contributed by atoms with Crippen LogP contribution in [0.2, 0.25) is 0 Å². The molecule has 5 heteroatoms. The van der Waals surface area contributed by atoms with Gasteiger partial charge in [-0.05, 0) is 39.5 Å². The van der Waals surface area contributed by atoms with E-state index in [2.05, 4.69) is 0 Å². The fourth-order valence-corrected chi connectivity index (χ4v) is 1.19. The maximum atomic E-state index is 11.0. The molecular weight excluding hydrogens is 260 g/mol. The lowest BCUT2D eigenvalue weighted by molar-refractivity contribution is -0.139. The first-order valence-electron chi connectivity index (χ1n) is 7.26. The standard InChI is InChI=1S/C9H16O3.C6H14O2/c1-3-8(2)9(11)12-7-5-4-6-10;7-5-3-1-2-4-6-8/h3,10H,4-7H2,1-2H3;7-8H,1-6H2. The molecule has 0 heterocycles. The van der Waals surface area contributed by atoms with Crippen molar-refractivity contribution < 1.29 is 24.9 Å². The molecule has 0 unspecified atom stereocenters. The third-order valence-electron chi connectivity index (χ3n) is 2.61. The number of ether oxygens (including phenoxy) is 1. The van der Waals surface area contributed by atoms with Gasteiger partial charge in [0, 0.05) is 25.4 Å². The van der Waals surface area contributed by atoms with Crippen molar-refractivity contribution in [2.75, 3.05) is 26.4 Å². The molecule has 3 N–H and O–H groups in total. The first-order valence-corrected chi connectivity index (χ1v) is 7.26. The molecule has 20 heavy (non-hydrogen) atoms. The highest BCUT2D eigenvalue weighted by molar-refractivity contribution is 5.87. The maximum Gasteiger partial charge on any atom is 0.333 e. The quantitative estimate of drug-likeness (QED) is 0.324. The van der Waals surface area contributed by atoms with Gasteiger partial charge >= 0.3 is 5.97 Å². The molecule has 5 nitrogen and oxygen atoms in total. The van der Waals surface area contributed by atoms with Crippen molar-refractivity contribution >= 4 is 5.97 Å². The van der Waals surface area contributed by atoms with Gasteiger partial charge in [0.15, 0.2) is 0 Å². The van der Waals surface area contributed by atoms with Crippen LogP contribution in [0, 0.1) is 0 Å². The van der Waals surface area contributed by atoms with E-state index in [0.29, 0.717) is 18.6 Å². The monoisotopic (exact) mass is 290 g/mol. The molecule has 0 saturated carbocycles. The summed E-state index contributed by atoms with van der Waals surface area (Å²) in [4.78, 5) is 11.0. The van der Waals surface area contributed by atoms with Crippen LogP contribution in [0.3, 0.4) is 0 Å². The Morgan fingerprint density at radius 3 is 1.75 bits per heavy atom. The van der Waals surface area contributed by atoms with E-state index >= 15 is 0 Å². The van der Waals surface area contributed by atoms with E-state index in [0.717, 1.165) is 32.1 Å². The van der Waals surface area contributed by atoms with Crippen LogP contribution >= 0.6 is 0 Å². The Kier molecular flexibility index (Phi) is 19.3. The number of carbonyl (C=O) groups excluding carboxylic acids is 1. The van der Waals surface area contributed by atoms with Crippen LogP contribution in [0.1, 0.15) is 52.4 Å².